The van der Waals surface area contributed by atoms with Gasteiger partial charge in [0.25, 0.3) is 5.91 Å². The zero-order valence-electron chi connectivity index (χ0n) is 14.6. The number of hydrogen-bond donors (Lipinski definition) is 1. The topological polar surface area (TPSA) is 84.9 Å². The molecule has 1 heterocycles. The number of rotatable bonds is 5. The van der Waals surface area contributed by atoms with Crippen LogP contribution >= 0.6 is 34.2 Å². The van der Waals surface area contributed by atoms with Gasteiger partial charge in [-0.15, -0.1) is 0 Å². The van der Waals surface area contributed by atoms with Crippen LogP contribution in [0, 0.1) is 3.57 Å². The summed E-state index contributed by atoms with van der Waals surface area (Å²) in [7, 11) is 1.28. The summed E-state index contributed by atoms with van der Waals surface area (Å²) in [5.74, 6) is -0.453. The molecule has 2 aromatic carbocycles. The van der Waals surface area contributed by atoms with Gasteiger partial charge in [0.1, 0.15) is 11.4 Å². The van der Waals surface area contributed by atoms with E-state index in [0.717, 1.165) is 8.47 Å². The maximum atomic E-state index is 12.6. The van der Waals surface area contributed by atoms with Gasteiger partial charge in [-0.3, -0.25) is 4.79 Å². The number of urea groups is 1. The number of nitrogens with zero attached hydrogens (tertiary/aromatic N) is 1. The van der Waals surface area contributed by atoms with Crippen LogP contribution < -0.4 is 15.0 Å². The summed E-state index contributed by atoms with van der Waals surface area (Å²) in [6.45, 7) is -0.198. The van der Waals surface area contributed by atoms with Crippen molar-refractivity contribution in [2.24, 2.45) is 0 Å². The van der Waals surface area contributed by atoms with Crippen molar-refractivity contribution in [1.82, 2.24) is 5.32 Å². The lowest BCUT2D eigenvalue weighted by Gasteiger charge is -2.11. The number of benzene rings is 2. The summed E-state index contributed by atoms with van der Waals surface area (Å²) in [5, 5.41) is 2.99. The molecule has 0 saturated carbocycles. The highest BCUT2D eigenvalue weighted by Gasteiger charge is 2.34. The Hall–Kier alpha value is -2.59. The van der Waals surface area contributed by atoms with Gasteiger partial charge in [-0.2, -0.15) is 0 Å². The Morgan fingerprint density at radius 1 is 1.25 bits per heavy atom. The minimum atomic E-state index is -0.550. The van der Waals surface area contributed by atoms with Crippen molar-refractivity contribution in [2.75, 3.05) is 18.6 Å². The van der Waals surface area contributed by atoms with Gasteiger partial charge in [-0.1, -0.05) is 23.7 Å². The van der Waals surface area contributed by atoms with Crippen molar-refractivity contribution in [2.45, 2.75) is 0 Å². The molecule has 0 unspecified atom stereocenters. The number of esters is 1. The Kier molecular flexibility index (Phi) is 6.20. The normalized spacial score (nSPS) is 15.0. The molecule has 0 radical (unpaired) electrons. The first kappa shape index (κ1) is 20.2. The van der Waals surface area contributed by atoms with Crippen molar-refractivity contribution in [3.8, 4) is 5.75 Å². The van der Waals surface area contributed by atoms with E-state index >= 15 is 0 Å². The van der Waals surface area contributed by atoms with E-state index in [9.17, 15) is 14.4 Å². The van der Waals surface area contributed by atoms with Gasteiger partial charge in [-0.05, 0) is 64.6 Å². The van der Waals surface area contributed by atoms with E-state index in [1.54, 1.807) is 48.5 Å². The molecule has 1 N–H and O–H groups in total. The maximum Gasteiger partial charge on any atom is 0.343 e. The molecule has 1 saturated heterocycles. The standard InChI is InChI=1S/C19H14ClIN2O5/c1-27-17(24)10-28-16-6-5-11(7-14(16)21)8-15-18(25)23(19(26)22-15)13-4-2-3-12(20)9-13/h2-9H,10H2,1H3,(H,22,26)/b15-8+. The van der Waals surface area contributed by atoms with Gasteiger partial charge in [0.15, 0.2) is 6.61 Å². The quantitative estimate of drug-likeness (QED) is 0.286. The number of amides is 3. The first-order valence-corrected chi connectivity index (χ1v) is 9.46. The zero-order valence-corrected chi connectivity index (χ0v) is 17.5. The smallest absolute Gasteiger partial charge is 0.343 e. The molecule has 9 heteroatoms. The first-order chi connectivity index (χ1) is 13.4. The summed E-state index contributed by atoms with van der Waals surface area (Å²) >= 11 is 8.00. The highest BCUT2D eigenvalue weighted by Crippen LogP contribution is 2.27. The lowest BCUT2D eigenvalue weighted by atomic mass is 10.2. The van der Waals surface area contributed by atoms with Crippen molar-refractivity contribution >= 4 is 63.9 Å². The lowest BCUT2D eigenvalue weighted by Crippen LogP contribution is -2.30. The monoisotopic (exact) mass is 512 g/mol. The Morgan fingerprint density at radius 2 is 2.04 bits per heavy atom. The molecule has 0 atom stereocenters. The van der Waals surface area contributed by atoms with Crippen molar-refractivity contribution in [3.63, 3.8) is 0 Å². The highest BCUT2D eigenvalue weighted by atomic mass is 127. The Balaban J connectivity index is 1.80. The van der Waals surface area contributed by atoms with Gasteiger partial charge in [0, 0.05) is 5.02 Å². The summed E-state index contributed by atoms with van der Waals surface area (Å²) in [6, 6.07) is 11.1. The van der Waals surface area contributed by atoms with Crippen LogP contribution in [0.5, 0.6) is 5.75 Å². The van der Waals surface area contributed by atoms with E-state index in [2.05, 4.69) is 32.6 Å². The van der Waals surface area contributed by atoms with E-state index in [4.69, 9.17) is 16.3 Å². The van der Waals surface area contributed by atoms with Gasteiger partial charge in [-0.25, -0.2) is 14.5 Å². The van der Waals surface area contributed by atoms with E-state index in [0.29, 0.717) is 22.0 Å². The van der Waals surface area contributed by atoms with Crippen molar-refractivity contribution in [3.05, 3.63) is 62.3 Å². The fourth-order valence-electron chi connectivity index (χ4n) is 2.47. The summed E-state index contributed by atoms with van der Waals surface area (Å²) < 4.78 is 10.6. The third-order valence-electron chi connectivity index (χ3n) is 3.78. The lowest BCUT2D eigenvalue weighted by molar-refractivity contribution is -0.142. The number of nitrogens with one attached hydrogen (secondary N) is 1. The maximum absolute atomic E-state index is 12.6. The molecule has 144 valence electrons. The molecule has 3 rings (SSSR count). The van der Waals surface area contributed by atoms with Gasteiger partial charge in [0.05, 0.1) is 16.4 Å². The third-order valence-corrected chi connectivity index (χ3v) is 4.86. The molecule has 0 bridgehead atoms. The molecule has 7 nitrogen and oxygen atoms in total. The number of anilines is 1. The number of ether oxygens (including phenoxy) is 2. The average Bonchev–Trinajstić information content (AvgIpc) is 2.94. The second-order valence-electron chi connectivity index (χ2n) is 5.66. The Morgan fingerprint density at radius 3 is 2.71 bits per heavy atom. The number of carbonyl (C=O) groups is 3. The Labute approximate surface area is 179 Å². The molecule has 0 aromatic heterocycles. The fourth-order valence-corrected chi connectivity index (χ4v) is 3.35. The molecule has 2 aromatic rings. The second-order valence-corrected chi connectivity index (χ2v) is 7.26. The molecular weight excluding hydrogens is 499 g/mol. The molecule has 1 aliphatic rings. The number of carbonyl (C=O) groups excluding carboxylic acids is 3. The molecular formula is C19H14ClIN2O5. The molecule has 1 fully saturated rings. The highest BCUT2D eigenvalue weighted by molar-refractivity contribution is 14.1. The number of hydrogen-bond acceptors (Lipinski definition) is 5. The predicted octanol–water partition coefficient (Wildman–Crippen LogP) is 3.59. The number of imide groups is 1. The molecule has 28 heavy (non-hydrogen) atoms. The van der Waals surface area contributed by atoms with E-state index in [-0.39, 0.29) is 12.3 Å². The number of halogens is 2. The molecule has 1 aliphatic heterocycles. The molecule has 3 amide bonds. The molecule has 0 aliphatic carbocycles. The van der Waals surface area contributed by atoms with E-state index < -0.39 is 17.9 Å². The second kappa shape index (κ2) is 8.61. The van der Waals surface area contributed by atoms with Crippen LogP contribution in [0.4, 0.5) is 10.5 Å². The van der Waals surface area contributed by atoms with E-state index in [1.807, 2.05) is 0 Å². The predicted molar refractivity (Wildman–Crippen MR) is 112 cm³/mol. The number of methoxy groups -OCH3 is 1. The molecule has 0 spiro atoms. The average molecular weight is 513 g/mol. The zero-order chi connectivity index (χ0) is 20.3. The van der Waals surface area contributed by atoms with Crippen LogP contribution in [0.2, 0.25) is 5.02 Å². The van der Waals surface area contributed by atoms with Gasteiger partial charge < -0.3 is 14.8 Å². The minimum Gasteiger partial charge on any atom is -0.481 e. The van der Waals surface area contributed by atoms with Gasteiger partial charge >= 0.3 is 12.0 Å². The van der Waals surface area contributed by atoms with Crippen LogP contribution in [0.15, 0.2) is 48.2 Å². The summed E-state index contributed by atoms with van der Waals surface area (Å²) in [6.07, 6.45) is 1.57. The van der Waals surface area contributed by atoms with Crippen molar-refractivity contribution in [1.29, 1.82) is 0 Å². The van der Waals surface area contributed by atoms with Crippen LogP contribution in [0.1, 0.15) is 5.56 Å². The van der Waals surface area contributed by atoms with Crippen LogP contribution in [0.25, 0.3) is 6.08 Å². The summed E-state index contributed by atoms with van der Waals surface area (Å²) in [4.78, 5) is 37.1. The minimum absolute atomic E-state index is 0.143. The van der Waals surface area contributed by atoms with Crippen molar-refractivity contribution < 1.29 is 23.9 Å². The van der Waals surface area contributed by atoms with Crippen LogP contribution in [0.3, 0.4) is 0 Å². The van der Waals surface area contributed by atoms with Crippen LogP contribution in [-0.4, -0.2) is 31.6 Å². The SMILES string of the molecule is COC(=O)COc1ccc(/C=C2/NC(=O)N(c3cccc(Cl)c3)C2=O)cc1I. The Bertz CT molecular complexity index is 992. The fraction of sp³-hybridized carbons (Fsp3) is 0.105. The third kappa shape index (κ3) is 4.45. The largest absolute Gasteiger partial charge is 0.481 e. The van der Waals surface area contributed by atoms with E-state index in [1.165, 1.54) is 7.11 Å². The summed E-state index contributed by atoms with van der Waals surface area (Å²) in [5.41, 5.74) is 1.22. The van der Waals surface area contributed by atoms with Crippen LogP contribution in [-0.2, 0) is 14.3 Å². The van der Waals surface area contributed by atoms with Gasteiger partial charge in [0.2, 0.25) is 0 Å². The first-order valence-electron chi connectivity index (χ1n) is 8.01.